The molecule has 5 nitrogen and oxygen atoms in total. The number of hydrogen-bond acceptors (Lipinski definition) is 3. The van der Waals surface area contributed by atoms with Crippen molar-refractivity contribution in [2.45, 2.75) is 26.1 Å². The second-order valence-electron chi connectivity index (χ2n) is 7.26. The normalized spacial score (nSPS) is 12.1. The summed E-state index contributed by atoms with van der Waals surface area (Å²) in [4.78, 5) is 24.7. The first-order chi connectivity index (χ1) is 15.5. The highest BCUT2D eigenvalue weighted by Crippen LogP contribution is 2.37. The lowest BCUT2D eigenvalue weighted by Gasteiger charge is -2.19. The van der Waals surface area contributed by atoms with Crippen molar-refractivity contribution >= 4 is 23.2 Å². The molecular formula is C24H20F4N2O3. The van der Waals surface area contributed by atoms with E-state index in [9.17, 15) is 27.2 Å². The summed E-state index contributed by atoms with van der Waals surface area (Å²) in [6.45, 7) is 3.24. The summed E-state index contributed by atoms with van der Waals surface area (Å²) < 4.78 is 60.2. The Hall–Kier alpha value is -3.88. The Kier molecular flexibility index (Phi) is 7.01. The molecule has 1 unspecified atom stereocenters. The van der Waals surface area contributed by atoms with Gasteiger partial charge in [-0.15, -0.1) is 0 Å². The number of hydrogen-bond donors (Lipinski definition) is 2. The van der Waals surface area contributed by atoms with E-state index in [-0.39, 0.29) is 11.3 Å². The van der Waals surface area contributed by atoms with Gasteiger partial charge in [-0.1, -0.05) is 24.3 Å². The largest absolute Gasteiger partial charge is 0.481 e. The fraction of sp³-hybridized carbons (Fsp3) is 0.167. The number of alkyl halides is 3. The molecule has 0 aliphatic rings. The molecule has 3 aromatic rings. The van der Waals surface area contributed by atoms with Gasteiger partial charge < -0.3 is 15.4 Å². The Balaban J connectivity index is 1.78. The zero-order valence-electron chi connectivity index (χ0n) is 17.7. The monoisotopic (exact) mass is 460 g/mol. The lowest BCUT2D eigenvalue weighted by atomic mass is 10.1. The van der Waals surface area contributed by atoms with Crippen LogP contribution in [0.5, 0.6) is 5.75 Å². The summed E-state index contributed by atoms with van der Waals surface area (Å²) in [7, 11) is 0. The molecule has 3 rings (SSSR count). The number of nitrogens with one attached hydrogen (secondary N) is 2. The van der Waals surface area contributed by atoms with Gasteiger partial charge in [-0.3, -0.25) is 9.59 Å². The van der Waals surface area contributed by atoms with Crippen LogP contribution in [-0.2, 0) is 11.0 Å². The van der Waals surface area contributed by atoms with Gasteiger partial charge in [-0.05, 0) is 61.9 Å². The van der Waals surface area contributed by atoms with E-state index < -0.39 is 41.2 Å². The minimum absolute atomic E-state index is 0.211. The van der Waals surface area contributed by atoms with Gasteiger partial charge in [0.05, 0.1) is 16.8 Å². The van der Waals surface area contributed by atoms with E-state index in [4.69, 9.17) is 4.74 Å². The van der Waals surface area contributed by atoms with Crippen molar-refractivity contribution < 1.29 is 31.9 Å². The number of aryl methyl sites for hydroxylation is 1. The van der Waals surface area contributed by atoms with Crippen LogP contribution in [0.25, 0.3) is 0 Å². The number of rotatable bonds is 6. The van der Waals surface area contributed by atoms with E-state index in [2.05, 4.69) is 10.6 Å². The van der Waals surface area contributed by atoms with Crippen LogP contribution in [0.1, 0.15) is 28.4 Å². The fourth-order valence-corrected chi connectivity index (χ4v) is 2.99. The van der Waals surface area contributed by atoms with Crippen molar-refractivity contribution in [3.05, 3.63) is 89.2 Å². The van der Waals surface area contributed by atoms with E-state index in [1.54, 1.807) is 18.2 Å². The topological polar surface area (TPSA) is 67.4 Å². The van der Waals surface area contributed by atoms with Gasteiger partial charge in [-0.2, -0.15) is 13.2 Å². The zero-order valence-corrected chi connectivity index (χ0v) is 17.7. The number of carbonyl (C=O) groups is 2. The molecule has 0 aromatic heterocycles. The first kappa shape index (κ1) is 23.8. The van der Waals surface area contributed by atoms with Gasteiger partial charge in [0.15, 0.2) is 6.10 Å². The Morgan fingerprint density at radius 1 is 0.939 bits per heavy atom. The molecule has 0 spiro atoms. The van der Waals surface area contributed by atoms with Crippen LogP contribution < -0.4 is 15.4 Å². The lowest BCUT2D eigenvalue weighted by Crippen LogP contribution is -2.31. The van der Waals surface area contributed by atoms with Crippen molar-refractivity contribution in [1.82, 2.24) is 0 Å². The summed E-state index contributed by atoms with van der Waals surface area (Å²) in [5.41, 5.74) is -1.31. The minimum atomic E-state index is -4.83. The minimum Gasteiger partial charge on any atom is -0.481 e. The van der Waals surface area contributed by atoms with E-state index in [0.29, 0.717) is 11.8 Å². The Morgan fingerprint density at radius 2 is 1.67 bits per heavy atom. The average Bonchev–Trinajstić information content (AvgIpc) is 2.74. The number of ether oxygens (including phenoxy) is 1. The molecule has 0 fully saturated rings. The van der Waals surface area contributed by atoms with Gasteiger partial charge >= 0.3 is 6.18 Å². The average molecular weight is 460 g/mol. The van der Waals surface area contributed by atoms with E-state index in [1.165, 1.54) is 31.2 Å². The molecule has 3 aromatic carbocycles. The van der Waals surface area contributed by atoms with Crippen LogP contribution in [0.15, 0.2) is 66.7 Å². The fourth-order valence-electron chi connectivity index (χ4n) is 2.99. The third kappa shape index (κ3) is 6.09. The highest BCUT2D eigenvalue weighted by atomic mass is 19.4. The smallest absolute Gasteiger partial charge is 0.418 e. The number of benzene rings is 3. The molecule has 0 bridgehead atoms. The van der Waals surface area contributed by atoms with Crippen LogP contribution in [0.2, 0.25) is 0 Å². The molecule has 2 amide bonds. The summed E-state index contributed by atoms with van der Waals surface area (Å²) in [6.07, 6.45) is -5.91. The molecule has 9 heteroatoms. The number of carbonyl (C=O) groups excluding carboxylic acids is 2. The van der Waals surface area contributed by atoms with Gasteiger partial charge in [0, 0.05) is 5.69 Å². The zero-order chi connectivity index (χ0) is 24.2. The maximum absolute atomic E-state index is 13.8. The maximum atomic E-state index is 13.8. The number of amides is 2. The molecule has 0 heterocycles. The van der Waals surface area contributed by atoms with Crippen molar-refractivity contribution in [1.29, 1.82) is 0 Å². The Bertz CT molecular complexity index is 1180. The van der Waals surface area contributed by atoms with Crippen molar-refractivity contribution in [2.75, 3.05) is 10.6 Å². The van der Waals surface area contributed by atoms with Crippen LogP contribution in [0.3, 0.4) is 0 Å². The highest BCUT2D eigenvalue weighted by Gasteiger charge is 2.35. The summed E-state index contributed by atoms with van der Waals surface area (Å²) in [5.74, 6) is -2.10. The molecule has 0 radical (unpaired) electrons. The van der Waals surface area contributed by atoms with Crippen molar-refractivity contribution in [3.63, 3.8) is 0 Å². The third-order valence-corrected chi connectivity index (χ3v) is 4.63. The van der Waals surface area contributed by atoms with Crippen LogP contribution in [0.4, 0.5) is 28.9 Å². The molecule has 0 aliphatic carbocycles. The van der Waals surface area contributed by atoms with Crippen molar-refractivity contribution in [3.8, 4) is 5.75 Å². The standard InChI is InChI=1S/C24H20F4N2O3/c1-14-6-5-7-17(12-14)33-15(2)22(31)30-21-11-10-16(13-19(21)24(26,27)28)29-23(32)18-8-3-4-9-20(18)25/h3-13,15H,1-2H3,(H,29,32)(H,30,31). The molecular weight excluding hydrogens is 440 g/mol. The van der Waals surface area contributed by atoms with Crippen LogP contribution in [0, 0.1) is 12.7 Å². The first-order valence-corrected chi connectivity index (χ1v) is 9.86. The quantitative estimate of drug-likeness (QED) is 0.456. The molecule has 33 heavy (non-hydrogen) atoms. The summed E-state index contributed by atoms with van der Waals surface area (Å²) in [6, 6.07) is 14.8. The molecule has 2 N–H and O–H groups in total. The maximum Gasteiger partial charge on any atom is 0.418 e. The summed E-state index contributed by atoms with van der Waals surface area (Å²) >= 11 is 0. The summed E-state index contributed by atoms with van der Waals surface area (Å²) in [5, 5.41) is 4.45. The SMILES string of the molecule is Cc1cccc(OC(C)C(=O)Nc2ccc(NC(=O)c3ccccc3F)cc2C(F)(F)F)c1. The molecule has 172 valence electrons. The molecule has 0 saturated carbocycles. The van der Waals surface area contributed by atoms with Crippen molar-refractivity contribution in [2.24, 2.45) is 0 Å². The van der Waals surface area contributed by atoms with Gasteiger partial charge in [0.1, 0.15) is 11.6 Å². The first-order valence-electron chi connectivity index (χ1n) is 9.86. The predicted octanol–water partition coefficient (Wildman–Crippen LogP) is 5.81. The highest BCUT2D eigenvalue weighted by molar-refractivity contribution is 6.04. The van der Waals surface area contributed by atoms with Crippen LogP contribution in [-0.4, -0.2) is 17.9 Å². The number of halogens is 4. The van der Waals surface area contributed by atoms with E-state index in [1.807, 2.05) is 13.0 Å². The molecule has 0 saturated heterocycles. The predicted molar refractivity (Wildman–Crippen MR) is 116 cm³/mol. The second kappa shape index (κ2) is 9.72. The van der Waals surface area contributed by atoms with E-state index >= 15 is 0 Å². The van der Waals surface area contributed by atoms with E-state index in [0.717, 1.165) is 17.7 Å². The second-order valence-corrected chi connectivity index (χ2v) is 7.26. The van der Waals surface area contributed by atoms with Gasteiger partial charge in [0.2, 0.25) is 0 Å². The lowest BCUT2D eigenvalue weighted by molar-refractivity contribution is -0.137. The molecule has 1 atom stereocenters. The molecule has 0 aliphatic heterocycles. The third-order valence-electron chi connectivity index (χ3n) is 4.63. The number of anilines is 2. The van der Waals surface area contributed by atoms with Crippen LogP contribution >= 0.6 is 0 Å². The van der Waals surface area contributed by atoms with Gasteiger partial charge in [0.25, 0.3) is 11.8 Å². The van der Waals surface area contributed by atoms with Gasteiger partial charge in [-0.25, -0.2) is 4.39 Å². The Morgan fingerprint density at radius 3 is 2.33 bits per heavy atom. The Labute approximate surface area is 187 Å².